The van der Waals surface area contributed by atoms with E-state index >= 15 is 0 Å². The second-order valence-corrected chi connectivity index (χ2v) is 10.4. The van der Waals surface area contributed by atoms with Crippen molar-refractivity contribution in [3.8, 4) is 0 Å². The normalized spacial score (nSPS) is 16.6. The fraction of sp³-hybridized carbons (Fsp3) is 0.381. The highest BCUT2D eigenvalue weighted by atomic mass is 32.2. The third-order valence-electron chi connectivity index (χ3n) is 5.36. The number of aromatic nitrogens is 4. The molecule has 0 bridgehead atoms. The van der Waals surface area contributed by atoms with Crippen molar-refractivity contribution in [1.29, 1.82) is 0 Å². The Labute approximate surface area is 186 Å². The van der Waals surface area contributed by atoms with Gasteiger partial charge in [-0.25, -0.2) is 13.8 Å². The van der Waals surface area contributed by atoms with Crippen LogP contribution in [-0.4, -0.2) is 31.9 Å². The topological polar surface area (TPSA) is 52.3 Å². The molecule has 1 aliphatic rings. The Morgan fingerprint density at radius 3 is 2.77 bits per heavy atom. The van der Waals surface area contributed by atoms with Crippen LogP contribution < -0.4 is 0 Å². The fourth-order valence-electron chi connectivity index (χ4n) is 3.71. The summed E-state index contributed by atoms with van der Waals surface area (Å²) in [6, 6.07) is 6.58. The minimum absolute atomic E-state index is 0.214. The highest BCUT2D eigenvalue weighted by Crippen LogP contribution is 2.40. The number of hydrogen-bond donors (Lipinski definition) is 0. The van der Waals surface area contributed by atoms with Crippen molar-refractivity contribution in [3.05, 3.63) is 46.1 Å². The lowest BCUT2D eigenvalue weighted by Gasteiger charge is -2.26. The summed E-state index contributed by atoms with van der Waals surface area (Å²) in [5.74, 6) is 0.930. The quantitative estimate of drug-likeness (QED) is 0.286. The van der Waals surface area contributed by atoms with Crippen molar-refractivity contribution in [2.45, 2.75) is 49.0 Å². The van der Waals surface area contributed by atoms with Crippen molar-refractivity contribution in [1.82, 2.24) is 19.6 Å². The van der Waals surface area contributed by atoms with E-state index in [-0.39, 0.29) is 11.9 Å². The Kier molecular flexibility index (Phi) is 5.47. The molecule has 5 rings (SSSR count). The molecule has 5 nitrogen and oxygen atoms in total. The third-order valence-corrected chi connectivity index (χ3v) is 8.10. The molecule has 1 aliphatic heterocycles. The molecule has 0 spiro atoms. The molecule has 4 aromatic rings. The second kappa shape index (κ2) is 8.11. The molecule has 156 valence electrons. The van der Waals surface area contributed by atoms with Gasteiger partial charge in [0.15, 0.2) is 16.0 Å². The Bertz CT molecular complexity index is 1220. The zero-order valence-corrected chi connectivity index (χ0v) is 19.3. The van der Waals surface area contributed by atoms with E-state index in [1.807, 2.05) is 6.26 Å². The molecule has 1 aromatic carbocycles. The molecular weight excluding hydrogens is 439 g/mol. The van der Waals surface area contributed by atoms with E-state index in [2.05, 4.69) is 28.4 Å². The van der Waals surface area contributed by atoms with Crippen molar-refractivity contribution in [2.75, 3.05) is 6.26 Å². The first kappa shape index (κ1) is 20.2. The van der Waals surface area contributed by atoms with E-state index in [1.165, 1.54) is 22.6 Å². The summed E-state index contributed by atoms with van der Waals surface area (Å²) in [5, 5.41) is 11.9. The SMILES string of the molecule is CSc1nc2sc3c(c2c2nnc(SCc4ccc(F)cc4)n12)CC(C(C)C)OC3. The van der Waals surface area contributed by atoms with Crippen molar-refractivity contribution in [2.24, 2.45) is 5.92 Å². The van der Waals surface area contributed by atoms with Crippen LogP contribution >= 0.6 is 34.9 Å². The first-order chi connectivity index (χ1) is 14.5. The third kappa shape index (κ3) is 3.51. The first-order valence-electron chi connectivity index (χ1n) is 9.77. The Morgan fingerprint density at radius 1 is 1.23 bits per heavy atom. The van der Waals surface area contributed by atoms with Gasteiger partial charge in [-0.15, -0.1) is 21.5 Å². The standard InChI is InChI=1S/C21H21FN4OS3/c1-11(2)15-8-14-16(9-27-15)30-19-17(14)18-24-25-21(26(18)20(23-19)28-3)29-10-12-4-6-13(22)7-5-12/h4-7,11,15H,8-10H2,1-3H3. The number of ether oxygens (including phenoxy) is 1. The van der Waals surface area contributed by atoms with Gasteiger partial charge >= 0.3 is 0 Å². The smallest absolute Gasteiger partial charge is 0.198 e. The van der Waals surface area contributed by atoms with Crippen LogP contribution in [0.1, 0.15) is 29.9 Å². The lowest BCUT2D eigenvalue weighted by molar-refractivity contribution is 0.00203. The maximum Gasteiger partial charge on any atom is 0.198 e. The number of benzene rings is 1. The lowest BCUT2D eigenvalue weighted by atomic mass is 9.96. The molecule has 0 radical (unpaired) electrons. The number of fused-ring (bicyclic) bond motifs is 5. The molecule has 4 heterocycles. The monoisotopic (exact) mass is 460 g/mol. The van der Waals surface area contributed by atoms with Gasteiger partial charge in [0.2, 0.25) is 0 Å². The van der Waals surface area contributed by atoms with Crippen molar-refractivity contribution in [3.63, 3.8) is 0 Å². The van der Waals surface area contributed by atoms with Gasteiger partial charge in [0.1, 0.15) is 10.6 Å². The number of halogens is 1. The van der Waals surface area contributed by atoms with Gasteiger partial charge < -0.3 is 4.74 Å². The van der Waals surface area contributed by atoms with Gasteiger partial charge in [-0.1, -0.05) is 49.5 Å². The van der Waals surface area contributed by atoms with Crippen LogP contribution in [0.3, 0.4) is 0 Å². The van der Waals surface area contributed by atoms with Gasteiger partial charge in [-0.05, 0) is 35.4 Å². The highest BCUT2D eigenvalue weighted by molar-refractivity contribution is 7.99. The van der Waals surface area contributed by atoms with Gasteiger partial charge in [0.25, 0.3) is 0 Å². The van der Waals surface area contributed by atoms with Crippen molar-refractivity contribution >= 4 is 50.7 Å². The van der Waals surface area contributed by atoms with E-state index in [0.717, 1.165) is 38.2 Å². The molecule has 1 unspecified atom stereocenters. The number of rotatable bonds is 5. The van der Waals surface area contributed by atoms with Gasteiger partial charge in [-0.2, -0.15) is 0 Å². The number of thioether (sulfide) groups is 2. The zero-order valence-electron chi connectivity index (χ0n) is 16.9. The summed E-state index contributed by atoms with van der Waals surface area (Å²) in [6.07, 6.45) is 3.12. The molecule has 0 saturated heterocycles. The van der Waals surface area contributed by atoms with Crippen molar-refractivity contribution < 1.29 is 9.13 Å². The summed E-state index contributed by atoms with van der Waals surface area (Å²) in [7, 11) is 0. The lowest BCUT2D eigenvalue weighted by Crippen LogP contribution is -2.26. The highest BCUT2D eigenvalue weighted by Gasteiger charge is 2.28. The molecule has 0 aliphatic carbocycles. The summed E-state index contributed by atoms with van der Waals surface area (Å²) in [6.45, 7) is 5.04. The molecule has 30 heavy (non-hydrogen) atoms. The molecule has 3 aromatic heterocycles. The van der Waals surface area contributed by atoms with Crippen LogP contribution in [0.5, 0.6) is 0 Å². The number of hydrogen-bond acceptors (Lipinski definition) is 7. The van der Waals surface area contributed by atoms with Gasteiger partial charge in [-0.3, -0.25) is 0 Å². The number of nitrogens with zero attached hydrogens (tertiary/aromatic N) is 4. The molecule has 1 atom stereocenters. The summed E-state index contributed by atoms with van der Waals surface area (Å²) in [4.78, 5) is 7.20. The predicted molar refractivity (Wildman–Crippen MR) is 121 cm³/mol. The first-order valence-corrected chi connectivity index (χ1v) is 12.8. The molecule has 0 saturated carbocycles. The van der Waals surface area contributed by atoms with E-state index in [1.54, 1.807) is 47.0 Å². The van der Waals surface area contributed by atoms with Crippen LogP contribution in [0, 0.1) is 11.7 Å². The average molecular weight is 461 g/mol. The largest absolute Gasteiger partial charge is 0.372 e. The molecule has 0 N–H and O–H groups in total. The Morgan fingerprint density at radius 2 is 2.03 bits per heavy atom. The summed E-state index contributed by atoms with van der Waals surface area (Å²) >= 11 is 4.89. The van der Waals surface area contributed by atoms with Gasteiger partial charge in [0.05, 0.1) is 18.1 Å². The van der Waals surface area contributed by atoms with Crippen LogP contribution in [0.4, 0.5) is 4.39 Å². The van der Waals surface area contributed by atoms with Crippen LogP contribution in [0.25, 0.3) is 15.9 Å². The van der Waals surface area contributed by atoms with Crippen LogP contribution in [0.15, 0.2) is 34.6 Å². The molecule has 0 fully saturated rings. The molecular formula is C21H21FN4OS3. The van der Waals surface area contributed by atoms with E-state index in [9.17, 15) is 4.39 Å². The fourth-order valence-corrected chi connectivity index (χ4v) is 6.37. The van der Waals surface area contributed by atoms with E-state index < -0.39 is 0 Å². The molecule has 9 heteroatoms. The maximum atomic E-state index is 13.2. The number of thiophene rings is 1. The minimum atomic E-state index is -0.223. The summed E-state index contributed by atoms with van der Waals surface area (Å²) < 4.78 is 21.3. The van der Waals surface area contributed by atoms with E-state index in [0.29, 0.717) is 18.3 Å². The van der Waals surface area contributed by atoms with Crippen LogP contribution in [0.2, 0.25) is 0 Å². The van der Waals surface area contributed by atoms with Crippen LogP contribution in [-0.2, 0) is 23.5 Å². The summed E-state index contributed by atoms with van der Waals surface area (Å²) in [5.41, 5.74) is 3.23. The van der Waals surface area contributed by atoms with Gasteiger partial charge in [0, 0.05) is 17.1 Å². The second-order valence-electron chi connectivity index (χ2n) is 7.64. The average Bonchev–Trinajstić information content (AvgIpc) is 3.33. The minimum Gasteiger partial charge on any atom is -0.372 e. The molecule has 0 amide bonds. The Hall–Kier alpha value is -1.68. The maximum absolute atomic E-state index is 13.2. The van der Waals surface area contributed by atoms with E-state index in [4.69, 9.17) is 9.72 Å². The zero-order chi connectivity index (χ0) is 20.8. The predicted octanol–water partition coefficient (Wildman–Crippen LogP) is 5.59. The Balaban J connectivity index is 1.58.